The predicted molar refractivity (Wildman–Crippen MR) is 100 cm³/mol. The first-order valence-corrected chi connectivity index (χ1v) is 10.4. The molecule has 0 radical (unpaired) electrons. The number of hydrogen-bond donors (Lipinski definition) is 4. The molecule has 0 spiro atoms. The van der Waals surface area contributed by atoms with E-state index in [1.165, 1.54) is 32.0 Å². The van der Waals surface area contributed by atoms with Crippen molar-refractivity contribution < 1.29 is 30.7 Å². The van der Waals surface area contributed by atoms with Crippen LogP contribution in [-0.2, 0) is 25.0 Å². The van der Waals surface area contributed by atoms with Crippen molar-refractivity contribution in [1.82, 2.24) is 0 Å². The van der Waals surface area contributed by atoms with E-state index in [1.54, 1.807) is 0 Å². The Hall–Kier alpha value is -2.87. The lowest BCUT2D eigenvalue weighted by Crippen LogP contribution is -2.06. The Morgan fingerprint density at radius 3 is 2.00 bits per heavy atom. The van der Waals surface area contributed by atoms with Gasteiger partial charge in [0.25, 0.3) is 20.2 Å². The number of hydrogen-bond acceptors (Lipinski definition) is 8. The van der Waals surface area contributed by atoms with Crippen molar-refractivity contribution in [3.63, 3.8) is 0 Å². The number of carbonyl (C=O) groups is 1. The minimum atomic E-state index is -4.90. The topological polar surface area (TPSA) is 189 Å². The summed E-state index contributed by atoms with van der Waals surface area (Å²) in [6, 6.07) is 6.06. The minimum absolute atomic E-state index is 0.0209. The van der Waals surface area contributed by atoms with E-state index in [-0.39, 0.29) is 22.6 Å². The van der Waals surface area contributed by atoms with Crippen LogP contribution >= 0.6 is 0 Å². The number of rotatable bonds is 5. The number of nitrogens with one attached hydrogen (secondary N) is 1. The van der Waals surface area contributed by atoms with Gasteiger partial charge < -0.3 is 11.1 Å². The summed E-state index contributed by atoms with van der Waals surface area (Å²) in [6.45, 7) is 2.59. The number of carbonyl (C=O) groups excluding carboxylic acids is 1. The first-order chi connectivity index (χ1) is 12.8. The second kappa shape index (κ2) is 7.63. The van der Waals surface area contributed by atoms with E-state index in [0.29, 0.717) is 0 Å². The molecule has 0 unspecified atom stereocenters. The monoisotopic (exact) mass is 428 g/mol. The molecule has 0 saturated carbocycles. The van der Waals surface area contributed by atoms with Gasteiger partial charge in [0.05, 0.1) is 5.69 Å². The maximum absolute atomic E-state index is 11.7. The van der Waals surface area contributed by atoms with Crippen molar-refractivity contribution in [1.29, 1.82) is 0 Å². The molecule has 28 heavy (non-hydrogen) atoms. The predicted octanol–water partition coefficient (Wildman–Crippen LogP) is 2.44. The van der Waals surface area contributed by atoms with Gasteiger partial charge in [-0.05, 0) is 42.8 Å². The molecule has 2 rings (SSSR count). The average molecular weight is 428 g/mol. The van der Waals surface area contributed by atoms with E-state index < -0.39 is 41.6 Å². The summed E-state index contributed by atoms with van der Waals surface area (Å²) in [7, 11) is -9.80. The second-order valence-electron chi connectivity index (χ2n) is 5.72. The number of aryl methyl sites for hydroxylation is 1. The third-order valence-corrected chi connectivity index (χ3v) is 5.06. The van der Waals surface area contributed by atoms with E-state index in [9.17, 15) is 30.7 Å². The van der Waals surface area contributed by atoms with Gasteiger partial charge in [0.2, 0.25) is 5.91 Å². The highest BCUT2D eigenvalue weighted by molar-refractivity contribution is 7.87. The number of anilines is 2. The number of amides is 1. The van der Waals surface area contributed by atoms with Crippen LogP contribution in [0.4, 0.5) is 22.7 Å². The van der Waals surface area contributed by atoms with Crippen molar-refractivity contribution in [2.75, 3.05) is 11.1 Å². The van der Waals surface area contributed by atoms with Gasteiger partial charge >= 0.3 is 0 Å². The highest BCUT2D eigenvalue weighted by atomic mass is 32.2. The van der Waals surface area contributed by atoms with Crippen LogP contribution in [0.15, 0.2) is 50.4 Å². The van der Waals surface area contributed by atoms with Gasteiger partial charge in [-0.2, -0.15) is 16.8 Å². The Morgan fingerprint density at radius 1 is 1.00 bits per heavy atom. The van der Waals surface area contributed by atoms with Crippen LogP contribution in [0.5, 0.6) is 0 Å². The standard InChI is InChI=1S/C15H16N4O7S2/c1-8-5-13(27(21,22)23)15(14(6-8)28(24,25)26)19-18-11-4-3-10(16)7-12(11)17-9(2)20/h3-7H,16H2,1-2H3,(H,17,20)(H,21,22,23)(H,24,25,26). The maximum Gasteiger partial charge on any atom is 0.296 e. The van der Waals surface area contributed by atoms with Gasteiger partial charge in [0.1, 0.15) is 21.2 Å². The van der Waals surface area contributed by atoms with Crippen LogP contribution in [0.2, 0.25) is 0 Å². The Bertz CT molecular complexity index is 1140. The Balaban J connectivity index is 2.75. The Labute approximate surface area is 160 Å². The van der Waals surface area contributed by atoms with Crippen molar-refractivity contribution in [3.05, 3.63) is 35.9 Å². The highest BCUT2D eigenvalue weighted by Gasteiger charge is 2.26. The van der Waals surface area contributed by atoms with Crippen molar-refractivity contribution in [3.8, 4) is 0 Å². The zero-order valence-electron chi connectivity index (χ0n) is 14.6. The van der Waals surface area contributed by atoms with E-state index in [1.807, 2.05) is 0 Å². The second-order valence-corrected chi connectivity index (χ2v) is 8.50. The summed E-state index contributed by atoms with van der Waals surface area (Å²) < 4.78 is 65.5. The highest BCUT2D eigenvalue weighted by Crippen LogP contribution is 2.36. The summed E-state index contributed by atoms with van der Waals surface area (Å²) in [5.74, 6) is -0.449. The van der Waals surface area contributed by atoms with Gasteiger partial charge in [-0.15, -0.1) is 10.2 Å². The van der Waals surface area contributed by atoms with Crippen LogP contribution in [0.1, 0.15) is 12.5 Å². The van der Waals surface area contributed by atoms with E-state index in [4.69, 9.17) is 5.73 Å². The lowest BCUT2D eigenvalue weighted by Gasteiger charge is -2.09. The van der Waals surface area contributed by atoms with Crippen LogP contribution in [0.25, 0.3) is 0 Å². The third kappa shape index (κ3) is 5.10. The molecule has 0 bridgehead atoms. The smallest absolute Gasteiger partial charge is 0.296 e. The number of nitrogen functional groups attached to an aromatic ring is 1. The van der Waals surface area contributed by atoms with Gasteiger partial charge in [0, 0.05) is 12.6 Å². The molecule has 0 aliphatic carbocycles. The van der Waals surface area contributed by atoms with Crippen molar-refractivity contribution in [2.24, 2.45) is 10.2 Å². The fourth-order valence-electron chi connectivity index (χ4n) is 2.24. The fourth-order valence-corrected chi connectivity index (χ4v) is 3.76. The molecule has 0 aromatic heterocycles. The molecule has 2 aromatic carbocycles. The molecule has 0 fully saturated rings. The lowest BCUT2D eigenvalue weighted by molar-refractivity contribution is -0.114. The summed E-state index contributed by atoms with van der Waals surface area (Å²) in [6.07, 6.45) is 0. The summed E-state index contributed by atoms with van der Waals surface area (Å²) >= 11 is 0. The van der Waals surface area contributed by atoms with Gasteiger partial charge in [-0.3, -0.25) is 13.9 Å². The molecule has 11 nitrogen and oxygen atoms in total. The summed E-state index contributed by atoms with van der Waals surface area (Å²) in [4.78, 5) is 9.59. The average Bonchev–Trinajstić information content (AvgIpc) is 2.52. The van der Waals surface area contributed by atoms with E-state index in [0.717, 1.165) is 12.1 Å². The number of nitrogens with two attached hydrogens (primary N) is 1. The molecule has 0 saturated heterocycles. The number of nitrogens with zero attached hydrogens (tertiary/aromatic N) is 2. The zero-order valence-corrected chi connectivity index (χ0v) is 16.2. The summed E-state index contributed by atoms with van der Waals surface area (Å²) in [5, 5.41) is 9.80. The molecule has 150 valence electrons. The summed E-state index contributed by atoms with van der Waals surface area (Å²) in [5.41, 5.74) is 5.42. The molecule has 1 amide bonds. The van der Waals surface area contributed by atoms with Crippen LogP contribution < -0.4 is 11.1 Å². The molecular weight excluding hydrogens is 412 g/mol. The quantitative estimate of drug-likeness (QED) is 0.317. The molecule has 2 aromatic rings. The molecule has 0 heterocycles. The lowest BCUT2D eigenvalue weighted by atomic mass is 10.2. The molecule has 0 aliphatic rings. The van der Waals surface area contributed by atoms with Gasteiger partial charge in [0.15, 0.2) is 0 Å². The molecule has 0 atom stereocenters. The normalized spacial score (nSPS) is 12.3. The van der Waals surface area contributed by atoms with Crippen molar-refractivity contribution in [2.45, 2.75) is 23.6 Å². The van der Waals surface area contributed by atoms with Crippen LogP contribution in [0, 0.1) is 6.92 Å². The minimum Gasteiger partial charge on any atom is -0.399 e. The first kappa shape index (κ1) is 21.4. The number of benzene rings is 2. The van der Waals surface area contributed by atoms with Gasteiger partial charge in [-0.25, -0.2) is 0 Å². The largest absolute Gasteiger partial charge is 0.399 e. The number of azo groups is 1. The maximum atomic E-state index is 11.7. The van der Waals surface area contributed by atoms with Crippen LogP contribution in [-0.4, -0.2) is 31.8 Å². The first-order valence-electron chi connectivity index (χ1n) is 7.47. The fraction of sp³-hybridized carbons (Fsp3) is 0.133. The molecule has 5 N–H and O–H groups in total. The molecule has 13 heteroatoms. The van der Waals surface area contributed by atoms with Gasteiger partial charge in [-0.1, -0.05) is 0 Å². The zero-order chi connectivity index (χ0) is 21.3. The molecular formula is C15H16N4O7S2. The molecule has 0 aliphatic heterocycles. The Morgan fingerprint density at radius 2 is 1.54 bits per heavy atom. The van der Waals surface area contributed by atoms with E-state index >= 15 is 0 Å². The third-order valence-electron chi connectivity index (χ3n) is 3.33. The van der Waals surface area contributed by atoms with Crippen LogP contribution in [0.3, 0.4) is 0 Å². The SMILES string of the molecule is CC(=O)Nc1cc(N)ccc1N=Nc1c(S(=O)(=O)O)cc(C)cc1S(=O)(=O)O. The van der Waals surface area contributed by atoms with Crippen molar-refractivity contribution >= 4 is 48.9 Å². The Kier molecular flexibility index (Phi) is 5.84. The van der Waals surface area contributed by atoms with E-state index in [2.05, 4.69) is 15.5 Å².